The SMILES string of the molecule is CS(=O)(=O)Cc1ccc(C[C@@H]2CC(=O)N(c3ccccc3)C2)nc1. The minimum atomic E-state index is -3.05. The van der Waals surface area contributed by atoms with Crippen molar-refractivity contribution in [2.24, 2.45) is 5.92 Å². The maximum absolute atomic E-state index is 12.2. The summed E-state index contributed by atoms with van der Waals surface area (Å²) in [6.45, 7) is 0.690. The van der Waals surface area contributed by atoms with Crippen molar-refractivity contribution < 1.29 is 13.2 Å². The molecule has 0 saturated carbocycles. The Labute approximate surface area is 142 Å². The summed E-state index contributed by atoms with van der Waals surface area (Å²) >= 11 is 0. The molecular weight excluding hydrogens is 324 g/mol. The van der Waals surface area contributed by atoms with Crippen LogP contribution in [0.2, 0.25) is 0 Å². The molecule has 2 heterocycles. The summed E-state index contributed by atoms with van der Waals surface area (Å²) in [5.74, 6) is 0.370. The molecule has 24 heavy (non-hydrogen) atoms. The minimum Gasteiger partial charge on any atom is -0.312 e. The molecule has 1 fully saturated rings. The molecular formula is C18H20N2O3S. The number of nitrogens with zero attached hydrogens (tertiary/aromatic N) is 2. The Bertz CT molecular complexity index is 817. The Morgan fingerprint density at radius 1 is 1.17 bits per heavy atom. The lowest BCUT2D eigenvalue weighted by Gasteiger charge is -2.16. The molecule has 0 bridgehead atoms. The first-order valence-corrected chi connectivity index (χ1v) is 9.94. The van der Waals surface area contributed by atoms with E-state index in [0.717, 1.165) is 11.4 Å². The summed E-state index contributed by atoms with van der Waals surface area (Å²) in [6.07, 6.45) is 4.06. The van der Waals surface area contributed by atoms with Crippen LogP contribution in [0.5, 0.6) is 0 Å². The highest BCUT2D eigenvalue weighted by molar-refractivity contribution is 7.89. The van der Waals surface area contributed by atoms with Gasteiger partial charge in [-0.25, -0.2) is 8.42 Å². The quantitative estimate of drug-likeness (QED) is 0.834. The maximum atomic E-state index is 12.2. The second kappa shape index (κ2) is 6.73. The van der Waals surface area contributed by atoms with E-state index in [9.17, 15) is 13.2 Å². The van der Waals surface area contributed by atoms with E-state index in [-0.39, 0.29) is 17.6 Å². The van der Waals surface area contributed by atoms with Crippen LogP contribution in [0.4, 0.5) is 5.69 Å². The predicted octanol–water partition coefficient (Wildman–Crippen LogP) is 2.22. The van der Waals surface area contributed by atoms with E-state index in [1.807, 2.05) is 41.3 Å². The highest BCUT2D eigenvalue weighted by Gasteiger charge is 2.30. The normalized spacial score (nSPS) is 18.1. The summed E-state index contributed by atoms with van der Waals surface area (Å²) < 4.78 is 22.6. The fourth-order valence-electron chi connectivity index (χ4n) is 3.04. The number of hydrogen-bond acceptors (Lipinski definition) is 4. The third-order valence-electron chi connectivity index (χ3n) is 4.09. The first kappa shape index (κ1) is 16.6. The lowest BCUT2D eigenvalue weighted by molar-refractivity contribution is -0.117. The third kappa shape index (κ3) is 4.20. The Kier molecular flexibility index (Phi) is 4.66. The van der Waals surface area contributed by atoms with E-state index in [0.29, 0.717) is 24.9 Å². The molecule has 6 heteroatoms. The molecule has 1 aromatic carbocycles. The monoisotopic (exact) mass is 344 g/mol. The van der Waals surface area contributed by atoms with Crippen molar-refractivity contribution in [1.82, 2.24) is 4.98 Å². The van der Waals surface area contributed by atoms with Gasteiger partial charge in [-0.15, -0.1) is 0 Å². The molecule has 0 N–H and O–H groups in total. The van der Waals surface area contributed by atoms with Crippen LogP contribution in [0.15, 0.2) is 48.7 Å². The molecule has 1 aliphatic rings. The van der Waals surface area contributed by atoms with E-state index in [1.165, 1.54) is 6.26 Å². The zero-order valence-electron chi connectivity index (χ0n) is 13.6. The zero-order valence-corrected chi connectivity index (χ0v) is 14.4. The average molecular weight is 344 g/mol. The van der Waals surface area contributed by atoms with Crippen molar-refractivity contribution in [2.45, 2.75) is 18.6 Å². The number of hydrogen-bond donors (Lipinski definition) is 0. The minimum absolute atomic E-state index is 0.00395. The predicted molar refractivity (Wildman–Crippen MR) is 93.4 cm³/mol. The number of rotatable bonds is 5. The molecule has 1 amide bonds. The van der Waals surface area contributed by atoms with Crippen LogP contribution in [0.1, 0.15) is 17.7 Å². The topological polar surface area (TPSA) is 67.3 Å². The largest absolute Gasteiger partial charge is 0.312 e. The summed E-state index contributed by atoms with van der Waals surface area (Å²) in [6, 6.07) is 13.3. The van der Waals surface area contributed by atoms with Crippen molar-refractivity contribution >= 4 is 21.4 Å². The number of sulfone groups is 1. The molecule has 0 unspecified atom stereocenters. The van der Waals surface area contributed by atoms with Crippen molar-refractivity contribution in [3.8, 4) is 0 Å². The van der Waals surface area contributed by atoms with Gasteiger partial charge in [0.1, 0.15) is 0 Å². The van der Waals surface area contributed by atoms with Gasteiger partial charge in [0.05, 0.1) is 5.75 Å². The first-order chi connectivity index (χ1) is 11.4. The van der Waals surface area contributed by atoms with Crippen LogP contribution in [0.3, 0.4) is 0 Å². The van der Waals surface area contributed by atoms with Crippen LogP contribution in [0.25, 0.3) is 0 Å². The number of pyridine rings is 1. The number of carbonyl (C=O) groups excluding carboxylic acids is 1. The Morgan fingerprint density at radius 2 is 1.92 bits per heavy atom. The molecule has 126 valence electrons. The van der Waals surface area contributed by atoms with E-state index >= 15 is 0 Å². The number of anilines is 1. The van der Waals surface area contributed by atoms with Crippen molar-refractivity contribution in [3.63, 3.8) is 0 Å². The zero-order chi connectivity index (χ0) is 17.2. The van der Waals surface area contributed by atoms with Gasteiger partial charge >= 0.3 is 0 Å². The maximum Gasteiger partial charge on any atom is 0.227 e. The molecule has 2 aromatic rings. The van der Waals surface area contributed by atoms with Gasteiger partial charge in [-0.05, 0) is 36.1 Å². The van der Waals surface area contributed by atoms with Crippen LogP contribution in [-0.4, -0.2) is 32.1 Å². The van der Waals surface area contributed by atoms with Gasteiger partial charge in [-0.1, -0.05) is 24.3 Å². The fraction of sp³-hybridized carbons (Fsp3) is 0.333. The standard InChI is InChI=1S/C18H20N2O3S/c1-24(22,23)13-14-7-8-16(19-11-14)9-15-10-18(21)20(12-15)17-5-3-2-4-6-17/h2-8,11,15H,9-10,12-13H2,1H3/t15-/m1/s1. The molecule has 3 rings (SSSR count). The highest BCUT2D eigenvalue weighted by atomic mass is 32.2. The van der Waals surface area contributed by atoms with Crippen LogP contribution < -0.4 is 4.90 Å². The number of carbonyl (C=O) groups is 1. The summed E-state index contributed by atoms with van der Waals surface area (Å²) in [5.41, 5.74) is 2.51. The van der Waals surface area contributed by atoms with Gasteiger partial charge in [0.2, 0.25) is 5.91 Å². The number of amides is 1. The Hall–Kier alpha value is -2.21. The number of benzene rings is 1. The molecule has 0 radical (unpaired) electrons. The van der Waals surface area contributed by atoms with Crippen LogP contribution in [0, 0.1) is 5.92 Å². The van der Waals surface area contributed by atoms with Gasteiger partial charge in [0.15, 0.2) is 9.84 Å². The van der Waals surface area contributed by atoms with E-state index in [2.05, 4.69) is 4.98 Å². The molecule has 1 aromatic heterocycles. The van der Waals surface area contributed by atoms with Crippen LogP contribution >= 0.6 is 0 Å². The van der Waals surface area contributed by atoms with Gasteiger partial charge in [-0.2, -0.15) is 0 Å². The fourth-order valence-corrected chi connectivity index (χ4v) is 3.81. The van der Waals surface area contributed by atoms with Crippen LogP contribution in [-0.2, 0) is 26.8 Å². The van der Waals surface area contributed by atoms with Gasteiger partial charge < -0.3 is 4.90 Å². The van der Waals surface area contributed by atoms with E-state index in [4.69, 9.17) is 0 Å². The van der Waals surface area contributed by atoms with Crippen molar-refractivity contribution in [3.05, 3.63) is 59.9 Å². The van der Waals surface area contributed by atoms with Crippen molar-refractivity contribution in [2.75, 3.05) is 17.7 Å². The van der Waals surface area contributed by atoms with E-state index < -0.39 is 9.84 Å². The molecule has 5 nitrogen and oxygen atoms in total. The van der Waals surface area contributed by atoms with Crippen molar-refractivity contribution in [1.29, 1.82) is 0 Å². The van der Waals surface area contributed by atoms with E-state index in [1.54, 1.807) is 12.3 Å². The highest BCUT2D eigenvalue weighted by Crippen LogP contribution is 2.26. The van der Waals surface area contributed by atoms with Gasteiger partial charge in [0, 0.05) is 36.8 Å². The summed E-state index contributed by atoms with van der Waals surface area (Å²) in [5, 5.41) is 0. The molecule has 1 aliphatic heterocycles. The number of para-hydroxylation sites is 1. The Morgan fingerprint density at radius 3 is 2.54 bits per heavy atom. The van der Waals surface area contributed by atoms with Gasteiger partial charge in [0.25, 0.3) is 0 Å². The lowest BCUT2D eigenvalue weighted by atomic mass is 10.0. The summed E-state index contributed by atoms with van der Waals surface area (Å²) in [4.78, 5) is 18.4. The molecule has 0 aliphatic carbocycles. The average Bonchev–Trinajstić information content (AvgIpc) is 2.89. The smallest absolute Gasteiger partial charge is 0.227 e. The second-order valence-corrected chi connectivity index (χ2v) is 8.48. The Balaban J connectivity index is 1.64. The molecule has 1 saturated heterocycles. The molecule has 1 atom stereocenters. The molecule has 0 spiro atoms. The lowest BCUT2D eigenvalue weighted by Crippen LogP contribution is -2.24. The number of aromatic nitrogens is 1. The third-order valence-corrected chi connectivity index (χ3v) is 4.94. The summed E-state index contributed by atoms with van der Waals surface area (Å²) in [7, 11) is -3.05. The van der Waals surface area contributed by atoms with Gasteiger partial charge in [-0.3, -0.25) is 9.78 Å². The second-order valence-electron chi connectivity index (χ2n) is 6.34. The first-order valence-electron chi connectivity index (χ1n) is 7.88.